The fraction of sp³-hybridized carbons (Fsp3) is 0.875. The Hall–Kier alpha value is -0.530. The smallest absolute Gasteiger partial charge is 0.308 e. The lowest BCUT2D eigenvalue weighted by atomic mass is 9.99. The Labute approximate surface area is 62.6 Å². The third-order valence-electron chi connectivity index (χ3n) is 1.66. The summed E-state index contributed by atoms with van der Waals surface area (Å²) < 4.78 is 4.83. The summed E-state index contributed by atoms with van der Waals surface area (Å²) in [5, 5.41) is 0. The van der Waals surface area contributed by atoms with Gasteiger partial charge in [0, 0.05) is 0 Å². The van der Waals surface area contributed by atoms with Crippen LogP contribution in [0.15, 0.2) is 0 Å². The van der Waals surface area contributed by atoms with Crippen molar-refractivity contribution in [2.45, 2.75) is 27.7 Å². The molecule has 0 rings (SSSR count). The van der Waals surface area contributed by atoms with Crippen molar-refractivity contribution in [1.82, 2.24) is 0 Å². The van der Waals surface area contributed by atoms with E-state index < -0.39 is 0 Å². The first-order valence-corrected chi connectivity index (χ1v) is 3.76. The Balaban J connectivity index is 3.71. The zero-order valence-electron chi connectivity index (χ0n) is 7.18. The van der Waals surface area contributed by atoms with E-state index in [0.29, 0.717) is 12.5 Å². The molecule has 0 saturated carbocycles. The third-order valence-corrected chi connectivity index (χ3v) is 1.66. The van der Waals surface area contributed by atoms with Gasteiger partial charge in [-0.15, -0.1) is 0 Å². The van der Waals surface area contributed by atoms with Crippen molar-refractivity contribution in [3.8, 4) is 0 Å². The molecule has 2 heteroatoms. The second-order valence-corrected chi connectivity index (χ2v) is 2.78. The van der Waals surface area contributed by atoms with E-state index in [1.165, 1.54) is 0 Å². The number of carbonyl (C=O) groups is 1. The van der Waals surface area contributed by atoms with E-state index >= 15 is 0 Å². The summed E-state index contributed by atoms with van der Waals surface area (Å²) >= 11 is 0. The van der Waals surface area contributed by atoms with Crippen LogP contribution in [0.5, 0.6) is 0 Å². The zero-order chi connectivity index (χ0) is 8.15. The van der Waals surface area contributed by atoms with Crippen LogP contribution < -0.4 is 0 Å². The van der Waals surface area contributed by atoms with Gasteiger partial charge in [-0.2, -0.15) is 0 Å². The van der Waals surface area contributed by atoms with Crippen LogP contribution in [0.2, 0.25) is 0 Å². The molecule has 0 N–H and O–H groups in total. The number of rotatable bonds is 3. The molecule has 0 bridgehead atoms. The molecule has 60 valence electrons. The average molecular weight is 144 g/mol. The molecule has 10 heavy (non-hydrogen) atoms. The molecule has 0 radical (unpaired) electrons. The normalized spacial score (nSPS) is 13.3. The Morgan fingerprint density at radius 2 is 1.90 bits per heavy atom. The summed E-state index contributed by atoms with van der Waals surface area (Å²) in [7, 11) is 0. The van der Waals surface area contributed by atoms with Gasteiger partial charge in [-0.1, -0.05) is 20.8 Å². The number of carbonyl (C=O) groups excluding carboxylic acids is 1. The molecule has 0 aromatic heterocycles. The molecule has 2 nitrogen and oxygen atoms in total. The highest BCUT2D eigenvalue weighted by Crippen LogP contribution is 2.10. The second-order valence-electron chi connectivity index (χ2n) is 2.78. The number of ether oxygens (including phenoxy) is 1. The van der Waals surface area contributed by atoms with Crippen LogP contribution in [0.1, 0.15) is 27.7 Å². The maximum atomic E-state index is 11.0. The monoisotopic (exact) mass is 144 g/mol. The van der Waals surface area contributed by atoms with Crippen molar-refractivity contribution < 1.29 is 9.53 Å². The summed E-state index contributed by atoms with van der Waals surface area (Å²) in [5.41, 5.74) is 0. The van der Waals surface area contributed by atoms with E-state index in [1.807, 2.05) is 27.7 Å². The first-order valence-electron chi connectivity index (χ1n) is 3.76. The Kier molecular flexibility index (Phi) is 4.08. The molecule has 0 fully saturated rings. The Bertz CT molecular complexity index is 108. The maximum absolute atomic E-state index is 11.0. The van der Waals surface area contributed by atoms with Gasteiger partial charge in [0.2, 0.25) is 0 Å². The predicted molar refractivity (Wildman–Crippen MR) is 40.6 cm³/mol. The van der Waals surface area contributed by atoms with Crippen molar-refractivity contribution in [2.75, 3.05) is 6.61 Å². The maximum Gasteiger partial charge on any atom is 0.308 e. The van der Waals surface area contributed by atoms with Gasteiger partial charge in [-0.25, -0.2) is 0 Å². The highest BCUT2D eigenvalue weighted by Gasteiger charge is 2.16. The largest absolute Gasteiger partial charge is 0.466 e. The van der Waals surface area contributed by atoms with Crippen LogP contribution in [0.3, 0.4) is 0 Å². The van der Waals surface area contributed by atoms with Crippen molar-refractivity contribution in [3.05, 3.63) is 0 Å². The van der Waals surface area contributed by atoms with Gasteiger partial charge < -0.3 is 4.74 Å². The van der Waals surface area contributed by atoms with Crippen LogP contribution in [0.25, 0.3) is 0 Å². The molecule has 0 saturated heterocycles. The van der Waals surface area contributed by atoms with Crippen LogP contribution in [-0.4, -0.2) is 12.6 Å². The summed E-state index contributed by atoms with van der Waals surface area (Å²) in [5.74, 6) is 0.316. The zero-order valence-corrected chi connectivity index (χ0v) is 7.18. The standard InChI is InChI=1S/C8H16O2/c1-5-10-8(9)7(4)6(2)3/h6-7H,5H2,1-4H3/t7-/m1/s1. The van der Waals surface area contributed by atoms with E-state index in [1.54, 1.807) is 0 Å². The molecular formula is C8H16O2. The van der Waals surface area contributed by atoms with Crippen LogP contribution in [0, 0.1) is 11.8 Å². The molecule has 0 unspecified atom stereocenters. The van der Waals surface area contributed by atoms with Gasteiger partial charge in [0.25, 0.3) is 0 Å². The molecular weight excluding hydrogens is 128 g/mol. The van der Waals surface area contributed by atoms with Crippen molar-refractivity contribution in [3.63, 3.8) is 0 Å². The molecule has 0 aliphatic rings. The Morgan fingerprint density at radius 1 is 1.40 bits per heavy atom. The quantitative estimate of drug-likeness (QED) is 0.565. The fourth-order valence-corrected chi connectivity index (χ4v) is 0.546. The first-order chi connectivity index (χ1) is 4.59. The highest BCUT2D eigenvalue weighted by molar-refractivity contribution is 5.72. The van der Waals surface area contributed by atoms with E-state index in [4.69, 9.17) is 4.74 Å². The third kappa shape index (κ3) is 2.85. The minimum absolute atomic E-state index is 0.0277. The van der Waals surface area contributed by atoms with E-state index in [0.717, 1.165) is 0 Å². The average Bonchev–Trinajstić information content (AvgIpc) is 1.87. The van der Waals surface area contributed by atoms with Crippen LogP contribution in [0.4, 0.5) is 0 Å². The van der Waals surface area contributed by atoms with Gasteiger partial charge in [0.05, 0.1) is 12.5 Å². The number of esters is 1. The molecule has 0 aliphatic heterocycles. The molecule has 0 amide bonds. The second kappa shape index (κ2) is 4.31. The number of hydrogen-bond donors (Lipinski definition) is 0. The van der Waals surface area contributed by atoms with Gasteiger partial charge in [0.15, 0.2) is 0 Å². The molecule has 0 spiro atoms. The SMILES string of the molecule is CCOC(=O)[C@H](C)C(C)C. The van der Waals surface area contributed by atoms with E-state index in [-0.39, 0.29) is 11.9 Å². The summed E-state index contributed by atoms with van der Waals surface area (Å²) in [6.07, 6.45) is 0. The van der Waals surface area contributed by atoms with Crippen molar-refractivity contribution in [1.29, 1.82) is 0 Å². The van der Waals surface area contributed by atoms with Gasteiger partial charge in [-0.05, 0) is 12.8 Å². The number of hydrogen-bond acceptors (Lipinski definition) is 2. The Morgan fingerprint density at radius 3 is 2.20 bits per heavy atom. The first kappa shape index (κ1) is 9.47. The topological polar surface area (TPSA) is 26.3 Å². The summed E-state index contributed by atoms with van der Waals surface area (Å²) in [4.78, 5) is 11.0. The van der Waals surface area contributed by atoms with E-state index in [9.17, 15) is 4.79 Å². The lowest BCUT2D eigenvalue weighted by Crippen LogP contribution is -2.19. The lowest BCUT2D eigenvalue weighted by molar-refractivity contribution is -0.148. The van der Waals surface area contributed by atoms with Gasteiger partial charge >= 0.3 is 5.97 Å². The fourth-order valence-electron chi connectivity index (χ4n) is 0.546. The summed E-state index contributed by atoms with van der Waals surface area (Å²) in [6.45, 7) is 8.23. The van der Waals surface area contributed by atoms with Crippen molar-refractivity contribution in [2.24, 2.45) is 11.8 Å². The predicted octanol–water partition coefficient (Wildman–Crippen LogP) is 1.84. The van der Waals surface area contributed by atoms with Crippen LogP contribution in [-0.2, 0) is 9.53 Å². The minimum atomic E-state index is -0.0856. The molecule has 0 aromatic carbocycles. The minimum Gasteiger partial charge on any atom is -0.466 e. The van der Waals surface area contributed by atoms with Crippen molar-refractivity contribution >= 4 is 5.97 Å². The summed E-state index contributed by atoms with van der Waals surface area (Å²) in [6, 6.07) is 0. The molecule has 1 atom stereocenters. The van der Waals surface area contributed by atoms with Gasteiger partial charge in [-0.3, -0.25) is 4.79 Å². The van der Waals surface area contributed by atoms with Crippen LogP contribution >= 0.6 is 0 Å². The van der Waals surface area contributed by atoms with Gasteiger partial charge in [0.1, 0.15) is 0 Å². The molecule has 0 aliphatic carbocycles. The molecule has 0 heterocycles. The molecule has 0 aromatic rings. The van der Waals surface area contributed by atoms with E-state index in [2.05, 4.69) is 0 Å². The lowest BCUT2D eigenvalue weighted by Gasteiger charge is -2.12. The highest BCUT2D eigenvalue weighted by atomic mass is 16.5.